The summed E-state index contributed by atoms with van der Waals surface area (Å²) in [5.41, 5.74) is 45.7. The Bertz CT molecular complexity index is 6480. The molecule has 21 rings (SSSR count). The van der Waals surface area contributed by atoms with E-state index in [2.05, 4.69) is 166 Å². The molecule has 6 unspecified atom stereocenters. The molecule has 9 aliphatic heterocycles. The number of hydrogen-bond acceptors (Lipinski definition) is 53. The Labute approximate surface area is 859 Å². The predicted molar refractivity (Wildman–Crippen MR) is 536 cm³/mol. The summed E-state index contributed by atoms with van der Waals surface area (Å²) >= 11 is 26.9. The SMILES string of the molecule is C[C@@H]1[C@@H]2NP([O-])(=S)OC[C@H]3O[C@@H](n4cnc5c(N)ncnc54)[C@H](O[Si](C)(C)C(C)(C)C)[C@@H]3NP(=O)([S-])OC[C@H]2O[C@H]1n1cnc2c(N)ncnc21.C[NH3+].C[NH3+].Nc1ncnc2c1ncn2[C@@H]1O[C@@H]2COP([O-])(=S)N[C@H]3[C@@H](O)[C@H](n4cnc5c(N)ncnc54)O[C@@H]3COP(=O)([O-])N[C@H]2[C@H]1O.Nc1ncnc2c1ncn2[C@@H]1O[C@@H]2COP([O-])(=S)N[C@H]3[C@@H](O)[C@H](n4cnc5c(N)ncnc54)O[C@@H]3COP([O-])(=S)N[C@H]2[C@H]1O.[NH4+].[NH4+].[NH4+].[NH4+]. The third-order valence-electron chi connectivity index (χ3n) is 25.1. The van der Waals surface area contributed by atoms with Crippen LogP contribution >= 0.6 is 41.0 Å². The smallest absolute Gasteiger partial charge is 0.204 e. The number of quaternary nitrogens is 6. The second-order valence-electron chi connectivity index (χ2n) is 34.7. The minimum absolute atomic E-state index is 0. The first-order chi connectivity index (χ1) is 67.7. The first kappa shape index (κ1) is 116. The van der Waals surface area contributed by atoms with Crippen molar-refractivity contribution in [2.45, 2.75) is 187 Å². The average molecular weight is 2290 g/mol. The topological polar surface area (TPSA) is 1040 Å². The molecule has 0 spiro atoms. The number of aliphatic hydroxyl groups excluding tert-OH is 4. The molecule has 0 radical (unpaired) electrons. The lowest BCUT2D eigenvalue weighted by atomic mass is 10.00. The Hall–Kier alpha value is -7.63. The van der Waals surface area contributed by atoms with Crippen LogP contribution < -0.4 is 125 Å². The van der Waals surface area contributed by atoms with Crippen molar-refractivity contribution in [2.24, 2.45) is 5.92 Å². The molecule has 0 aromatic carbocycles. The molecular weight excluding hydrogens is 2180 g/mol. The molecule has 21 heterocycles. The van der Waals surface area contributed by atoms with Crippen LogP contribution in [0.2, 0.25) is 18.1 Å². The quantitative estimate of drug-likeness (QED) is 0.0382. The Kier molecular flexibility index (Phi) is 36.1. The van der Waals surface area contributed by atoms with Crippen molar-refractivity contribution in [1.82, 2.24) is 172 Å². The van der Waals surface area contributed by atoms with Crippen LogP contribution in [0.4, 0.5) is 34.9 Å². The lowest BCUT2D eigenvalue weighted by Gasteiger charge is -2.42. The van der Waals surface area contributed by atoms with Gasteiger partial charge in [-0.3, -0.25) is 57.4 Å². The van der Waals surface area contributed by atoms with Crippen molar-refractivity contribution in [2.75, 3.05) is 88.1 Å². The lowest BCUT2D eigenvalue weighted by Crippen LogP contribution is -2.53. The summed E-state index contributed by atoms with van der Waals surface area (Å²) in [6.07, 6.45) is -3.34. The number of nitrogens with one attached hydrogen (secondary N) is 6. The summed E-state index contributed by atoms with van der Waals surface area (Å²) in [4.78, 5) is 142. The van der Waals surface area contributed by atoms with Crippen molar-refractivity contribution in [3.8, 4) is 0 Å². The fraction of sp³-hybridized carbons (Fsp3) is 0.565. The molecule has 0 saturated carbocycles. The maximum absolute atomic E-state index is 14.2. The highest BCUT2D eigenvalue weighted by Crippen LogP contribution is 2.54. The van der Waals surface area contributed by atoms with Crippen LogP contribution in [0.3, 0.4) is 0 Å². The molecule has 810 valence electrons. The Morgan fingerprint density at radius 3 is 0.878 bits per heavy atom. The molecule has 9 saturated heterocycles. The van der Waals surface area contributed by atoms with Gasteiger partial charge in [-0.05, 0) is 18.1 Å². The van der Waals surface area contributed by atoms with Crippen LogP contribution in [0.25, 0.3) is 67.0 Å². The molecule has 44 N–H and O–H groups in total. The zero-order valence-electron chi connectivity index (χ0n) is 80.3. The van der Waals surface area contributed by atoms with Gasteiger partial charge in [-0.25, -0.2) is 94.8 Å². The van der Waals surface area contributed by atoms with Gasteiger partial charge in [0.15, 0.2) is 108 Å². The maximum atomic E-state index is 14.2. The third kappa shape index (κ3) is 23.6. The monoisotopic (exact) mass is 2290 g/mol. The number of nitrogens with zero attached hydrogens (tertiary/aromatic N) is 24. The molecule has 0 bridgehead atoms. The highest BCUT2D eigenvalue weighted by molar-refractivity contribution is 8.33. The van der Waals surface area contributed by atoms with Crippen LogP contribution in [-0.2, 0) is 129 Å². The maximum Gasteiger partial charge on any atom is 0.204 e. The van der Waals surface area contributed by atoms with E-state index in [1.807, 2.05) is 6.92 Å². The second-order valence-corrected chi connectivity index (χ2v) is 55.8. The molecule has 78 heteroatoms. The van der Waals surface area contributed by atoms with Crippen molar-refractivity contribution in [1.29, 1.82) is 0 Å². The lowest BCUT2D eigenvalue weighted by molar-refractivity contribution is -0.325. The second kappa shape index (κ2) is 45.6. The number of aliphatic hydroxyl groups is 4. The van der Waals surface area contributed by atoms with Gasteiger partial charge in [-0.1, -0.05) is 74.9 Å². The van der Waals surface area contributed by atoms with E-state index in [1.165, 1.54) is 94.2 Å². The molecule has 0 amide bonds. The molecule has 30 atom stereocenters. The molecule has 12 aromatic rings. The number of aromatic nitrogens is 24. The van der Waals surface area contributed by atoms with Crippen molar-refractivity contribution >= 4 is 211 Å². The average Bonchev–Trinajstić information content (AvgIpc) is 1.62. The zero-order valence-corrected chi connectivity index (χ0v) is 90.8. The van der Waals surface area contributed by atoms with E-state index in [1.54, 1.807) is 23.2 Å². The zero-order chi connectivity index (χ0) is 103. The van der Waals surface area contributed by atoms with Crippen LogP contribution in [0.5, 0.6) is 0 Å². The highest BCUT2D eigenvalue weighted by atomic mass is 32.7. The first-order valence-corrected chi connectivity index (χ1v) is 61.1. The fourth-order valence-electron chi connectivity index (χ4n) is 17.3. The molecule has 66 nitrogen and oxygen atoms in total. The normalized spacial score (nSPS) is 35.3. The summed E-state index contributed by atoms with van der Waals surface area (Å²) in [6.45, 7) is -10.6. The molecular formula is C69H116N42O24P6S5Si. The number of ether oxygens (including phenoxy) is 6. The van der Waals surface area contributed by atoms with E-state index in [-0.39, 0.29) is 122 Å². The van der Waals surface area contributed by atoms with Crippen LogP contribution in [0.1, 0.15) is 65.1 Å². The van der Waals surface area contributed by atoms with Gasteiger partial charge in [0.25, 0.3) is 0 Å². The summed E-state index contributed by atoms with van der Waals surface area (Å²) in [6, 6.07) is -6.44. The standard InChI is InChI=1S/C27H42N12O7P2S2Si.C20H26N12O9P2S.C20H26N12O8P2S2.2CH5N.4H3N/c1-13-16-14(44-25(13)38-11-34-18-21(28)30-9-32-23(18)38)7-42-48(41,50)37-17-15(8-43-47(40,49)36-16)45-26(20(17)46-51(5,6)27(2,3)4)39-12-35-19-22(29)31-10-33-24(19)39;21-15-11-17(25-3-23-15)31(5-27-11)19-13(33)9-8(41-19)2-39-43(37,44)30-10-7(1-38-42(35,36)29-9)40-20(14(10)34)32-6-28-12-16(22)24-4-26-18(12)32;21-15-11-17(25-3-23-15)31(5-27-11)19-13(33)9-7(39-19)1-37-41(35,43)30-10-8(2-38-42(36,44)29-9)40-20(14(10)34)32-6-28-12-16(22)24-4-26-18(12)32;2*1-2;;;;/h9-17,20,25-26H,7-8H2,1-6H3,(H2,28,30,32)(H2,29,31,33)(H2,36,40,49)(H2,37,41,50);3-10,13-14,19-20,33-34H,1-2H2,(H2,21,23,25)(H2,22,24,26)(H2,29,35,36)(H2,30,37,44);3-10,13-14,19-20,33-34H,1-2H2,(H2,21,23,25)(H2,22,24,26)(H2,29,36,44)(H2,30,35,43);2*2H2,1H3;4*1H3/t13-,14-,15-,16+,17-,20-,25-,26-,47?,48?;7-,8-,9-,10-,13-,14-,19-,20-,43?;7-,8-,9-,10-,13-,14-,19-,20-,41?,42?;;;;;;/m111....../s1. The molecule has 9 aliphatic rings. The molecule has 9 fully saturated rings. The van der Waals surface area contributed by atoms with E-state index in [0.29, 0.717) is 22.3 Å². The van der Waals surface area contributed by atoms with Gasteiger partial charge in [0.05, 0.1) is 155 Å². The number of anilines is 6. The first-order valence-electron chi connectivity index (χ1n) is 43.4. The van der Waals surface area contributed by atoms with E-state index in [9.17, 15) is 54.0 Å². The largest absolute Gasteiger partial charge is 0.789 e. The van der Waals surface area contributed by atoms with Gasteiger partial charge in [0.1, 0.15) is 145 Å². The Morgan fingerprint density at radius 2 is 0.592 bits per heavy atom. The number of fused-ring (bicyclic) bond motifs is 12. The van der Waals surface area contributed by atoms with Gasteiger partial charge < -0.3 is 192 Å². The van der Waals surface area contributed by atoms with Crippen molar-refractivity contribution in [3.05, 3.63) is 75.9 Å². The van der Waals surface area contributed by atoms with Crippen molar-refractivity contribution in [3.63, 3.8) is 0 Å². The summed E-state index contributed by atoms with van der Waals surface area (Å²) in [7, 11) is -3.99. The Balaban J connectivity index is 0.000000179. The van der Waals surface area contributed by atoms with Gasteiger partial charge in [0, 0.05) is 12.0 Å². The predicted octanol–water partition coefficient (Wildman–Crippen LogP) is -6.08. The van der Waals surface area contributed by atoms with E-state index >= 15 is 0 Å². The van der Waals surface area contributed by atoms with Crippen LogP contribution in [0, 0.1) is 5.92 Å². The highest BCUT2D eigenvalue weighted by Gasteiger charge is 2.57. The third-order valence-corrected chi connectivity index (χ3v) is 39.3. The summed E-state index contributed by atoms with van der Waals surface area (Å²) < 4.78 is 114. The molecule has 0 aliphatic carbocycles. The number of imidazole rings is 6. The molecule has 147 heavy (non-hydrogen) atoms. The van der Waals surface area contributed by atoms with Crippen molar-refractivity contribution < 1.29 is 125 Å². The number of hydrogen-bond donors (Lipinski definition) is 22. The Morgan fingerprint density at radius 1 is 0.367 bits per heavy atom. The van der Waals surface area contributed by atoms with Gasteiger partial charge in [0.2, 0.25) is 7.75 Å². The van der Waals surface area contributed by atoms with Gasteiger partial charge in [-0.2, -0.15) is 0 Å². The van der Waals surface area contributed by atoms with Gasteiger partial charge in [-0.15, -0.1) is 0 Å². The summed E-state index contributed by atoms with van der Waals surface area (Å²) in [5, 5.41) is 61.0. The summed E-state index contributed by atoms with van der Waals surface area (Å²) in [5.74, 6) is 0.420. The van der Waals surface area contributed by atoms with E-state index in [4.69, 9.17) is 154 Å². The fourth-order valence-corrected chi connectivity index (χ4v) is 28.0. The van der Waals surface area contributed by atoms with E-state index < -0.39 is 222 Å². The van der Waals surface area contributed by atoms with Crippen LogP contribution in [0.15, 0.2) is 75.9 Å². The minimum atomic E-state index is -4.94. The number of nitrogens with two attached hydrogens (primary N) is 6. The molecule has 12 aromatic heterocycles. The minimum Gasteiger partial charge on any atom is -0.789 e. The van der Waals surface area contributed by atoms with Gasteiger partial charge >= 0.3 is 0 Å². The number of nitrogen functional groups attached to an aromatic ring is 6. The van der Waals surface area contributed by atoms with Crippen LogP contribution in [-0.4, -0.2) is 303 Å². The van der Waals surface area contributed by atoms with E-state index in [0.717, 1.165) is 0 Å². The number of rotatable bonds is 8.